The van der Waals surface area contributed by atoms with E-state index in [0.717, 1.165) is 54.0 Å². The van der Waals surface area contributed by atoms with Crippen LogP contribution >= 0.6 is 0 Å². The van der Waals surface area contributed by atoms with Crippen molar-refractivity contribution >= 4 is 11.6 Å². The van der Waals surface area contributed by atoms with Crippen LogP contribution in [0.5, 0.6) is 0 Å². The van der Waals surface area contributed by atoms with Gasteiger partial charge in [0.1, 0.15) is 0 Å². The first-order valence-electron chi connectivity index (χ1n) is 10.2. The smallest absolute Gasteiger partial charge is 0.232 e. The van der Waals surface area contributed by atoms with Crippen LogP contribution in [0.15, 0.2) is 36.4 Å². The van der Waals surface area contributed by atoms with E-state index in [1.54, 1.807) is 0 Å². The highest BCUT2D eigenvalue weighted by molar-refractivity contribution is 5.90. The highest BCUT2D eigenvalue weighted by Gasteiger charge is 2.42. The lowest BCUT2D eigenvalue weighted by molar-refractivity contribution is -0.126. The molecule has 1 N–H and O–H groups in total. The van der Waals surface area contributed by atoms with Gasteiger partial charge in [0.05, 0.1) is 22.5 Å². The number of fused-ring (bicyclic) bond motifs is 1. The van der Waals surface area contributed by atoms with Gasteiger partial charge in [-0.1, -0.05) is 43.2 Å². The predicted molar refractivity (Wildman–Crippen MR) is 111 cm³/mol. The summed E-state index contributed by atoms with van der Waals surface area (Å²) >= 11 is 0. The summed E-state index contributed by atoms with van der Waals surface area (Å²) in [7, 11) is 0. The Bertz CT molecular complexity index is 1020. The normalized spacial score (nSPS) is 16.1. The van der Waals surface area contributed by atoms with E-state index >= 15 is 0 Å². The van der Waals surface area contributed by atoms with Crippen LogP contribution in [0, 0.1) is 13.8 Å². The molecule has 146 valence electrons. The molecule has 1 saturated carbocycles. The lowest BCUT2D eigenvalue weighted by atomic mass is 9.79. The third kappa shape index (κ3) is 3.30. The number of hydrogen-bond acceptors (Lipinski definition) is 3. The van der Waals surface area contributed by atoms with Crippen molar-refractivity contribution < 1.29 is 4.79 Å². The fraction of sp³-hybridized carbons (Fsp3) is 0.435. The first-order valence-corrected chi connectivity index (χ1v) is 10.2. The van der Waals surface area contributed by atoms with Gasteiger partial charge < -0.3 is 5.32 Å². The van der Waals surface area contributed by atoms with Crippen molar-refractivity contribution in [2.75, 3.05) is 0 Å². The largest absolute Gasteiger partial charge is 0.353 e. The van der Waals surface area contributed by atoms with Crippen molar-refractivity contribution in [1.29, 1.82) is 0 Å². The Morgan fingerprint density at radius 3 is 2.54 bits per heavy atom. The van der Waals surface area contributed by atoms with Gasteiger partial charge in [-0.15, -0.1) is 0 Å². The van der Waals surface area contributed by atoms with Crippen molar-refractivity contribution in [2.24, 2.45) is 0 Å². The van der Waals surface area contributed by atoms with Gasteiger partial charge in [-0.2, -0.15) is 5.10 Å². The van der Waals surface area contributed by atoms with Crippen molar-refractivity contribution in [3.63, 3.8) is 0 Å². The maximum Gasteiger partial charge on any atom is 0.232 e. The van der Waals surface area contributed by atoms with Gasteiger partial charge in [-0.25, -0.2) is 9.50 Å². The summed E-state index contributed by atoms with van der Waals surface area (Å²) in [6.07, 6.45) is 3.79. The molecule has 3 aromatic rings. The SMILES string of the molecule is CCCC(C)(C(=O)NC1CC1)c1c(-c2ccc(C)cc2)nc2ccc(C)nn12. The molecule has 2 heterocycles. The standard InChI is InChI=1S/C23H28N4O/c1-5-14-23(4,22(28)24-18-11-12-18)21-20(17-9-6-15(2)7-10-17)25-19-13-8-16(3)26-27(19)21/h6-10,13,18H,5,11-12,14H2,1-4H3,(H,24,28). The van der Waals surface area contributed by atoms with Gasteiger partial charge in [-0.3, -0.25) is 4.79 Å². The second kappa shape index (κ2) is 7.04. The molecule has 4 rings (SSSR count). The van der Waals surface area contributed by atoms with Gasteiger partial charge in [0, 0.05) is 11.6 Å². The van der Waals surface area contributed by atoms with Crippen molar-refractivity contribution in [1.82, 2.24) is 19.9 Å². The molecule has 1 fully saturated rings. The number of carbonyl (C=O) groups is 1. The summed E-state index contributed by atoms with van der Waals surface area (Å²) in [5, 5.41) is 7.97. The van der Waals surface area contributed by atoms with Crippen LogP contribution in [-0.2, 0) is 10.2 Å². The van der Waals surface area contributed by atoms with Crippen LogP contribution < -0.4 is 5.32 Å². The van der Waals surface area contributed by atoms with E-state index in [4.69, 9.17) is 10.1 Å². The average molecular weight is 377 g/mol. The Morgan fingerprint density at radius 2 is 1.89 bits per heavy atom. The molecule has 0 bridgehead atoms. The number of carbonyl (C=O) groups excluding carboxylic acids is 1. The number of hydrogen-bond donors (Lipinski definition) is 1. The lowest BCUT2D eigenvalue weighted by Crippen LogP contribution is -2.44. The highest BCUT2D eigenvalue weighted by Crippen LogP contribution is 2.38. The number of benzene rings is 1. The molecule has 28 heavy (non-hydrogen) atoms. The number of nitrogens with zero attached hydrogens (tertiary/aromatic N) is 3. The van der Waals surface area contributed by atoms with Gasteiger partial charge in [0.2, 0.25) is 5.91 Å². The molecule has 1 amide bonds. The Balaban J connectivity index is 1.95. The minimum absolute atomic E-state index is 0.0790. The van der Waals surface area contributed by atoms with Gasteiger partial charge in [0.25, 0.3) is 0 Å². The Kier molecular flexibility index (Phi) is 4.69. The molecule has 5 nitrogen and oxygen atoms in total. The third-order valence-electron chi connectivity index (χ3n) is 5.62. The molecule has 1 aliphatic carbocycles. The molecule has 0 spiro atoms. The van der Waals surface area contributed by atoms with E-state index in [0.29, 0.717) is 6.04 Å². The van der Waals surface area contributed by atoms with Crippen molar-refractivity contribution in [3.05, 3.63) is 53.3 Å². The van der Waals surface area contributed by atoms with Crippen LogP contribution in [0.25, 0.3) is 16.9 Å². The zero-order valence-electron chi connectivity index (χ0n) is 17.1. The van der Waals surface area contributed by atoms with Crippen LogP contribution in [-0.4, -0.2) is 26.5 Å². The van der Waals surface area contributed by atoms with Crippen LogP contribution in [0.2, 0.25) is 0 Å². The van der Waals surface area contributed by atoms with Crippen LogP contribution in [0.1, 0.15) is 56.5 Å². The Hall–Kier alpha value is -2.69. The second-order valence-corrected chi connectivity index (χ2v) is 8.25. The number of imidazole rings is 1. The minimum atomic E-state index is -0.697. The molecule has 1 aliphatic rings. The van der Waals surface area contributed by atoms with E-state index in [1.165, 1.54) is 5.56 Å². The van der Waals surface area contributed by atoms with Gasteiger partial charge >= 0.3 is 0 Å². The van der Waals surface area contributed by atoms with Crippen LogP contribution in [0.3, 0.4) is 0 Å². The Labute approximate surface area is 166 Å². The average Bonchev–Trinajstić information content (AvgIpc) is 3.40. The number of aryl methyl sites for hydroxylation is 2. The molecule has 5 heteroatoms. The summed E-state index contributed by atoms with van der Waals surface area (Å²) in [6, 6.07) is 12.6. The first-order chi connectivity index (χ1) is 13.4. The lowest BCUT2D eigenvalue weighted by Gasteiger charge is -2.28. The topological polar surface area (TPSA) is 59.3 Å². The summed E-state index contributed by atoms with van der Waals surface area (Å²) in [4.78, 5) is 18.3. The van der Waals surface area contributed by atoms with Gasteiger partial charge in [0.15, 0.2) is 5.65 Å². The zero-order chi connectivity index (χ0) is 19.9. The van der Waals surface area contributed by atoms with E-state index < -0.39 is 5.41 Å². The zero-order valence-corrected chi connectivity index (χ0v) is 17.1. The van der Waals surface area contributed by atoms with Gasteiger partial charge in [-0.05, 0) is 52.2 Å². The van der Waals surface area contributed by atoms with Crippen molar-refractivity contribution in [2.45, 2.75) is 64.8 Å². The molecular formula is C23H28N4O. The molecule has 0 radical (unpaired) electrons. The highest BCUT2D eigenvalue weighted by atomic mass is 16.2. The van der Waals surface area contributed by atoms with E-state index in [-0.39, 0.29) is 5.91 Å². The number of amides is 1. The van der Waals surface area contributed by atoms with Crippen molar-refractivity contribution in [3.8, 4) is 11.3 Å². The summed E-state index contributed by atoms with van der Waals surface area (Å²) < 4.78 is 1.88. The van der Waals surface area contributed by atoms with E-state index in [2.05, 4.69) is 43.4 Å². The number of rotatable bonds is 6. The molecule has 0 aliphatic heterocycles. The van der Waals surface area contributed by atoms with E-state index in [9.17, 15) is 4.79 Å². The molecular weight excluding hydrogens is 348 g/mol. The predicted octanol–water partition coefficient (Wildman–Crippen LogP) is 4.35. The van der Waals surface area contributed by atoms with Crippen LogP contribution in [0.4, 0.5) is 0 Å². The monoisotopic (exact) mass is 376 g/mol. The number of aromatic nitrogens is 3. The summed E-state index contributed by atoms with van der Waals surface area (Å²) in [5.41, 5.74) is 4.93. The fourth-order valence-corrected chi connectivity index (χ4v) is 3.84. The molecule has 1 atom stereocenters. The minimum Gasteiger partial charge on any atom is -0.353 e. The summed E-state index contributed by atoms with van der Waals surface area (Å²) in [5.74, 6) is 0.0790. The quantitative estimate of drug-likeness (QED) is 0.696. The Morgan fingerprint density at radius 1 is 1.18 bits per heavy atom. The molecule has 1 aromatic carbocycles. The first kappa shape index (κ1) is 18.7. The molecule has 2 aromatic heterocycles. The maximum absolute atomic E-state index is 13.4. The molecule has 1 unspecified atom stereocenters. The number of nitrogens with one attached hydrogen (secondary N) is 1. The maximum atomic E-state index is 13.4. The third-order valence-corrected chi connectivity index (χ3v) is 5.62. The summed E-state index contributed by atoms with van der Waals surface area (Å²) in [6.45, 7) is 8.20. The fourth-order valence-electron chi connectivity index (χ4n) is 3.84. The second-order valence-electron chi connectivity index (χ2n) is 8.25. The molecule has 0 saturated heterocycles. The van der Waals surface area contributed by atoms with E-state index in [1.807, 2.05) is 30.5 Å².